The molecule has 0 spiro atoms. The average molecular weight is 428 g/mol. The number of aryl methyl sites for hydroxylation is 1. The molecule has 8 heteroatoms. The van der Waals surface area contributed by atoms with E-state index in [1.165, 1.54) is 19.1 Å². The van der Waals surface area contributed by atoms with Crippen molar-refractivity contribution in [3.8, 4) is 0 Å². The zero-order valence-electron chi connectivity index (χ0n) is 16.6. The Morgan fingerprint density at radius 3 is 2.55 bits per heavy atom. The maximum Gasteiger partial charge on any atom is 0.418 e. The molecule has 1 aliphatic carbocycles. The van der Waals surface area contributed by atoms with Gasteiger partial charge in [0.15, 0.2) is 6.10 Å². The Hall–Kier alpha value is -3.42. The van der Waals surface area contributed by atoms with Gasteiger partial charge in [-0.1, -0.05) is 30.3 Å². The van der Waals surface area contributed by atoms with Crippen molar-refractivity contribution in [2.75, 3.05) is 5.32 Å². The van der Waals surface area contributed by atoms with Gasteiger partial charge in [0, 0.05) is 11.1 Å². The molecule has 160 valence electrons. The number of carbonyl (C=O) groups excluding carboxylic acids is 2. The van der Waals surface area contributed by atoms with Crippen LogP contribution in [-0.2, 0) is 28.5 Å². The second kappa shape index (κ2) is 8.02. The van der Waals surface area contributed by atoms with E-state index in [0.29, 0.717) is 22.9 Å². The molecule has 1 unspecified atom stereocenters. The molecule has 2 aromatic carbocycles. The number of anilines is 1. The number of nitrogens with zero attached hydrogens (tertiary/aromatic N) is 1. The van der Waals surface area contributed by atoms with Gasteiger partial charge in [0.05, 0.1) is 22.3 Å². The summed E-state index contributed by atoms with van der Waals surface area (Å²) in [5, 5.41) is 2.84. The van der Waals surface area contributed by atoms with E-state index in [1.54, 1.807) is 18.2 Å². The number of amides is 1. The Morgan fingerprint density at radius 2 is 1.77 bits per heavy atom. The molecule has 0 aliphatic heterocycles. The molecular weight excluding hydrogens is 409 g/mol. The predicted molar refractivity (Wildman–Crippen MR) is 109 cm³/mol. The predicted octanol–water partition coefficient (Wildman–Crippen LogP) is 4.93. The fraction of sp³-hybridized carbons (Fsp3) is 0.261. The number of carbonyl (C=O) groups is 2. The van der Waals surface area contributed by atoms with Gasteiger partial charge in [-0.25, -0.2) is 4.79 Å². The van der Waals surface area contributed by atoms with Crippen molar-refractivity contribution >= 4 is 28.5 Å². The number of ether oxygens (including phenoxy) is 1. The van der Waals surface area contributed by atoms with E-state index in [1.807, 2.05) is 6.07 Å². The number of hydrogen-bond acceptors (Lipinski definition) is 4. The molecule has 0 bridgehead atoms. The summed E-state index contributed by atoms with van der Waals surface area (Å²) in [5.41, 5.74) is 1.30. The average Bonchev–Trinajstić information content (AvgIpc) is 3.19. The Bertz CT molecular complexity index is 1170. The lowest BCUT2D eigenvalue weighted by Gasteiger charge is -2.18. The molecule has 1 heterocycles. The van der Waals surface area contributed by atoms with Crippen LogP contribution in [0.3, 0.4) is 0 Å². The number of aromatic nitrogens is 1. The summed E-state index contributed by atoms with van der Waals surface area (Å²) in [4.78, 5) is 30.1. The van der Waals surface area contributed by atoms with E-state index in [0.717, 1.165) is 36.2 Å². The Kier molecular flexibility index (Phi) is 5.39. The van der Waals surface area contributed by atoms with E-state index in [-0.39, 0.29) is 0 Å². The molecule has 4 rings (SSSR count). The molecule has 0 fully saturated rings. The van der Waals surface area contributed by atoms with Gasteiger partial charge in [-0.05, 0) is 49.9 Å². The van der Waals surface area contributed by atoms with Crippen LogP contribution in [-0.4, -0.2) is 23.0 Å². The molecule has 5 nitrogen and oxygen atoms in total. The summed E-state index contributed by atoms with van der Waals surface area (Å²) in [6.07, 6.45) is -3.62. The smallest absolute Gasteiger partial charge is 0.418 e. The third-order valence-electron chi connectivity index (χ3n) is 5.27. The third-order valence-corrected chi connectivity index (χ3v) is 5.27. The van der Waals surface area contributed by atoms with Crippen molar-refractivity contribution in [3.05, 3.63) is 70.9 Å². The first kappa shape index (κ1) is 20.8. The van der Waals surface area contributed by atoms with Crippen molar-refractivity contribution in [2.24, 2.45) is 0 Å². The number of benzene rings is 2. The number of alkyl halides is 3. The second-order valence-corrected chi connectivity index (χ2v) is 7.36. The first-order chi connectivity index (χ1) is 14.8. The van der Waals surface area contributed by atoms with Crippen LogP contribution in [0.5, 0.6) is 0 Å². The van der Waals surface area contributed by atoms with E-state index in [9.17, 15) is 22.8 Å². The Morgan fingerprint density at radius 1 is 1.06 bits per heavy atom. The molecular formula is C23H19F3N2O3. The van der Waals surface area contributed by atoms with Gasteiger partial charge >= 0.3 is 12.1 Å². The van der Waals surface area contributed by atoms with Crippen LogP contribution in [0.15, 0.2) is 48.5 Å². The number of para-hydroxylation sites is 2. The number of fused-ring (bicyclic) bond motifs is 2. The Balaban J connectivity index is 1.57. The highest BCUT2D eigenvalue weighted by atomic mass is 19.4. The monoisotopic (exact) mass is 428 g/mol. The quantitative estimate of drug-likeness (QED) is 0.599. The topological polar surface area (TPSA) is 68.3 Å². The second-order valence-electron chi connectivity index (χ2n) is 7.36. The standard InChI is InChI=1S/C23H19F3N2O3/c1-13(21(29)28-19-11-5-3-9-16(19)23(24,25)26)31-22(30)20-14-7-2-4-10-17(14)27-18-12-6-8-15(18)20/h2-5,7,9-11,13H,6,8,12H2,1H3,(H,28,29). The minimum atomic E-state index is -4.62. The summed E-state index contributed by atoms with van der Waals surface area (Å²) in [6.45, 7) is 1.33. The highest BCUT2D eigenvalue weighted by Crippen LogP contribution is 2.35. The molecule has 0 radical (unpaired) electrons. The SMILES string of the molecule is CC(OC(=O)c1c2c(nc3ccccc13)CCC2)C(=O)Nc1ccccc1C(F)(F)F. The zero-order valence-corrected chi connectivity index (χ0v) is 16.6. The number of esters is 1. The van der Waals surface area contributed by atoms with Gasteiger partial charge < -0.3 is 10.1 Å². The van der Waals surface area contributed by atoms with Crippen LogP contribution < -0.4 is 5.32 Å². The van der Waals surface area contributed by atoms with Crippen LogP contribution in [0.1, 0.15) is 40.5 Å². The van der Waals surface area contributed by atoms with E-state index in [2.05, 4.69) is 10.3 Å². The van der Waals surface area contributed by atoms with Crippen LogP contribution >= 0.6 is 0 Å². The summed E-state index contributed by atoms with van der Waals surface area (Å²) in [5.74, 6) is -1.54. The molecule has 0 saturated heterocycles. The molecule has 1 amide bonds. The van der Waals surface area contributed by atoms with Crippen LogP contribution in [0.4, 0.5) is 18.9 Å². The fourth-order valence-electron chi connectivity index (χ4n) is 3.79. The first-order valence-electron chi connectivity index (χ1n) is 9.84. The minimum absolute atomic E-state index is 0.369. The maximum absolute atomic E-state index is 13.2. The number of rotatable bonds is 4. The van der Waals surface area contributed by atoms with Gasteiger partial charge in [0.1, 0.15) is 0 Å². The van der Waals surface area contributed by atoms with Crippen molar-refractivity contribution in [1.29, 1.82) is 0 Å². The minimum Gasteiger partial charge on any atom is -0.449 e. The zero-order chi connectivity index (χ0) is 22.2. The van der Waals surface area contributed by atoms with Crippen LogP contribution in [0.2, 0.25) is 0 Å². The van der Waals surface area contributed by atoms with Crippen LogP contribution in [0.25, 0.3) is 10.9 Å². The van der Waals surface area contributed by atoms with Crippen molar-refractivity contribution in [2.45, 2.75) is 38.5 Å². The summed E-state index contributed by atoms with van der Waals surface area (Å²) in [7, 11) is 0. The molecule has 1 N–H and O–H groups in total. The summed E-state index contributed by atoms with van der Waals surface area (Å²) in [6, 6.07) is 11.8. The van der Waals surface area contributed by atoms with Gasteiger partial charge in [-0.3, -0.25) is 9.78 Å². The lowest BCUT2D eigenvalue weighted by Crippen LogP contribution is -2.31. The van der Waals surface area contributed by atoms with Gasteiger partial charge in [-0.15, -0.1) is 0 Å². The van der Waals surface area contributed by atoms with E-state index in [4.69, 9.17) is 4.74 Å². The van der Waals surface area contributed by atoms with Crippen molar-refractivity contribution in [3.63, 3.8) is 0 Å². The number of pyridine rings is 1. The van der Waals surface area contributed by atoms with Crippen molar-refractivity contribution in [1.82, 2.24) is 4.98 Å². The Labute approximate surface area is 176 Å². The van der Waals surface area contributed by atoms with Gasteiger partial charge in [0.2, 0.25) is 0 Å². The highest BCUT2D eigenvalue weighted by Gasteiger charge is 2.34. The molecule has 1 aliphatic rings. The molecule has 3 aromatic rings. The largest absolute Gasteiger partial charge is 0.449 e. The maximum atomic E-state index is 13.2. The van der Waals surface area contributed by atoms with E-state index < -0.39 is 35.4 Å². The third kappa shape index (κ3) is 4.10. The molecule has 1 atom stereocenters. The van der Waals surface area contributed by atoms with Crippen LogP contribution in [0, 0.1) is 0 Å². The lowest BCUT2D eigenvalue weighted by molar-refractivity contribution is -0.137. The van der Waals surface area contributed by atoms with Gasteiger partial charge in [-0.2, -0.15) is 13.2 Å². The lowest BCUT2D eigenvalue weighted by atomic mass is 10.0. The number of nitrogens with one attached hydrogen (secondary N) is 1. The first-order valence-corrected chi connectivity index (χ1v) is 9.84. The van der Waals surface area contributed by atoms with E-state index >= 15 is 0 Å². The number of hydrogen-bond donors (Lipinski definition) is 1. The number of halogens is 3. The fourth-order valence-corrected chi connectivity index (χ4v) is 3.79. The molecule has 1 aromatic heterocycles. The highest BCUT2D eigenvalue weighted by molar-refractivity contribution is 6.06. The summed E-state index contributed by atoms with van der Waals surface area (Å²) >= 11 is 0. The normalized spacial score (nSPS) is 14.2. The molecule has 0 saturated carbocycles. The van der Waals surface area contributed by atoms with Crippen molar-refractivity contribution < 1.29 is 27.5 Å². The van der Waals surface area contributed by atoms with Gasteiger partial charge in [0.25, 0.3) is 5.91 Å². The summed E-state index contributed by atoms with van der Waals surface area (Å²) < 4.78 is 44.9. The molecule has 31 heavy (non-hydrogen) atoms.